The third kappa shape index (κ3) is 8.69. The van der Waals surface area contributed by atoms with Crippen LogP contribution in [0.25, 0.3) is 22.9 Å². The van der Waals surface area contributed by atoms with E-state index < -0.39 is 169 Å². The van der Waals surface area contributed by atoms with E-state index in [0.717, 1.165) is 0 Å². The second-order valence-electron chi connectivity index (χ2n) is 12.5. The van der Waals surface area contributed by atoms with E-state index >= 15 is 0 Å². The topological polar surface area (TPSA) is 450 Å². The van der Waals surface area contributed by atoms with Crippen LogP contribution in [-0.2, 0) is 60.7 Å². The number of allylic oxidation sites excluding steroid dienone is 2. The molecule has 0 fully saturated rings. The Bertz CT molecular complexity index is 3610. The predicted octanol–water partition coefficient (Wildman–Crippen LogP) is 1.02. The average molecular weight is 981 g/mol. The molecule has 4 aromatic rings. The normalized spacial score (nSPS) is 16.5. The van der Waals surface area contributed by atoms with Gasteiger partial charge in [-0.1, -0.05) is 0 Å². The number of hydrogen-bond acceptors (Lipinski definition) is 20. The highest BCUT2D eigenvalue weighted by Crippen LogP contribution is 2.39. The molecular formula is C30H20N4O22S6. The van der Waals surface area contributed by atoms with Gasteiger partial charge < -0.3 is 10.2 Å². The highest BCUT2D eigenvalue weighted by molar-refractivity contribution is 7.91. The summed E-state index contributed by atoms with van der Waals surface area (Å²) in [6, 6.07) is 4.03. The van der Waals surface area contributed by atoms with Crippen molar-refractivity contribution >= 4 is 118 Å². The Morgan fingerprint density at radius 1 is 0.419 bits per heavy atom. The minimum atomic E-state index is -5.62. The van der Waals surface area contributed by atoms with Crippen molar-refractivity contribution in [2.45, 2.75) is 19.6 Å². The Hall–Kier alpha value is -6.04. The first-order valence-electron chi connectivity index (χ1n) is 15.6. The van der Waals surface area contributed by atoms with Gasteiger partial charge >= 0.3 is 0 Å². The van der Waals surface area contributed by atoms with Crippen LogP contribution in [0, 0.1) is 0 Å². The van der Waals surface area contributed by atoms with Gasteiger partial charge in [0.1, 0.15) is 21.3 Å². The number of carbonyl (C=O) groups is 2. The molecule has 2 aliphatic carbocycles. The van der Waals surface area contributed by atoms with Crippen LogP contribution in [0.4, 0.5) is 11.4 Å². The standard InChI is InChI=1S/C30H20N4O22S6/c35-20-9-16(59(45,46)47)2-11-1-14(57(39,40)41)7-18(24(11)20)31-33-27-22(61(51,52)53)5-12-3-15(58(42,43)44)8-19(25(12)29(27)37)32-34-28-23(62(54,55)56)6-13-4-17(60(48,49)50)10-21(36)26(13)30(28)38/h1-10,31-32,35-36H,(H,39,40,41)(H,42,43,44)(H,45,46,47)(H,48,49,50)(H,51,52,53)(H,54,55,56)/b33-27+,34-28-. The van der Waals surface area contributed by atoms with E-state index in [2.05, 4.69) is 10.2 Å². The number of nitrogens with zero attached hydrogens (tertiary/aromatic N) is 2. The van der Waals surface area contributed by atoms with Gasteiger partial charge in [-0.2, -0.15) is 60.7 Å². The molecule has 62 heavy (non-hydrogen) atoms. The number of carbonyl (C=O) groups excluding carboxylic acids is 2. The van der Waals surface area contributed by atoms with Crippen LogP contribution in [0.5, 0.6) is 11.5 Å². The second kappa shape index (κ2) is 14.8. The van der Waals surface area contributed by atoms with E-state index in [9.17, 15) is 97.6 Å². The van der Waals surface area contributed by atoms with Crippen LogP contribution >= 0.6 is 0 Å². The molecule has 0 amide bonds. The summed E-state index contributed by atoms with van der Waals surface area (Å²) in [5.41, 5.74) is -3.72. The van der Waals surface area contributed by atoms with Crippen molar-refractivity contribution in [2.24, 2.45) is 10.2 Å². The van der Waals surface area contributed by atoms with Crippen LogP contribution in [0.15, 0.2) is 88.1 Å². The monoisotopic (exact) mass is 980 g/mol. The van der Waals surface area contributed by atoms with Gasteiger partial charge in [-0.15, -0.1) is 0 Å². The van der Waals surface area contributed by atoms with Gasteiger partial charge in [0.15, 0.2) is 11.4 Å². The molecule has 0 saturated carbocycles. The average Bonchev–Trinajstić information content (AvgIpc) is 3.10. The maximum absolute atomic E-state index is 14.2. The summed E-state index contributed by atoms with van der Waals surface area (Å²) in [5.74, 6) is -5.46. The maximum atomic E-state index is 14.2. The fraction of sp³-hybridized carbons (Fsp3) is 0. The molecule has 0 saturated heterocycles. The highest BCUT2D eigenvalue weighted by atomic mass is 32.2. The summed E-state index contributed by atoms with van der Waals surface area (Å²) in [4.78, 5) is 20.6. The fourth-order valence-corrected chi connectivity index (χ4v) is 9.39. The number of phenolic OH excluding ortho intramolecular Hbond substituents is 2. The number of fused-ring (bicyclic) bond motifs is 3. The molecule has 0 aromatic heterocycles. The van der Waals surface area contributed by atoms with Crippen LogP contribution < -0.4 is 10.9 Å². The lowest BCUT2D eigenvalue weighted by molar-refractivity contribution is 0.105. The number of nitrogens with one attached hydrogen (secondary N) is 2. The Kier molecular flexibility index (Phi) is 10.9. The van der Waals surface area contributed by atoms with Gasteiger partial charge in [0.05, 0.1) is 42.1 Å². The molecule has 32 heteroatoms. The van der Waals surface area contributed by atoms with Crippen LogP contribution in [0.1, 0.15) is 31.8 Å². The van der Waals surface area contributed by atoms with Crippen LogP contribution in [0.3, 0.4) is 0 Å². The lowest BCUT2D eigenvalue weighted by Gasteiger charge is -2.21. The van der Waals surface area contributed by atoms with Gasteiger partial charge in [-0.05, 0) is 65.1 Å². The summed E-state index contributed by atoms with van der Waals surface area (Å²) in [5, 5.41) is 27.2. The number of ketones is 2. The van der Waals surface area contributed by atoms with Gasteiger partial charge in [0.2, 0.25) is 11.6 Å². The molecular weight excluding hydrogens is 961 g/mol. The number of rotatable bonds is 10. The summed E-state index contributed by atoms with van der Waals surface area (Å²) in [6.45, 7) is 0. The number of anilines is 2. The molecule has 10 N–H and O–H groups in total. The first kappa shape index (κ1) is 45.5. The van der Waals surface area contributed by atoms with Gasteiger partial charge in [-0.3, -0.25) is 47.8 Å². The minimum Gasteiger partial charge on any atom is -0.507 e. The molecule has 4 aromatic carbocycles. The smallest absolute Gasteiger partial charge is 0.296 e. The van der Waals surface area contributed by atoms with Crippen molar-refractivity contribution < 1.29 is 97.6 Å². The predicted molar refractivity (Wildman–Crippen MR) is 209 cm³/mol. The van der Waals surface area contributed by atoms with Crippen molar-refractivity contribution in [1.29, 1.82) is 0 Å². The van der Waals surface area contributed by atoms with Gasteiger partial charge in [0.25, 0.3) is 60.7 Å². The number of hydrogen-bond donors (Lipinski definition) is 10. The number of hydrazone groups is 2. The molecule has 0 unspecified atom stereocenters. The Morgan fingerprint density at radius 3 is 1.23 bits per heavy atom. The molecule has 2 aliphatic rings. The van der Waals surface area contributed by atoms with E-state index in [1.165, 1.54) is 0 Å². The minimum absolute atomic E-state index is 0.377. The molecule has 0 spiro atoms. The van der Waals surface area contributed by atoms with Crippen molar-refractivity contribution in [3.63, 3.8) is 0 Å². The number of benzene rings is 4. The maximum Gasteiger partial charge on any atom is 0.296 e. The van der Waals surface area contributed by atoms with E-state index in [4.69, 9.17) is 0 Å². The number of aromatic hydroxyl groups is 2. The summed E-state index contributed by atoms with van der Waals surface area (Å²) in [7, 11) is -31.9. The Balaban J connectivity index is 1.57. The lowest BCUT2D eigenvalue weighted by atomic mass is 9.93. The molecule has 328 valence electrons. The van der Waals surface area contributed by atoms with Crippen molar-refractivity contribution in [2.75, 3.05) is 10.9 Å². The lowest BCUT2D eigenvalue weighted by Crippen LogP contribution is -2.29. The van der Waals surface area contributed by atoms with E-state index in [1.54, 1.807) is 0 Å². The largest absolute Gasteiger partial charge is 0.507 e. The Morgan fingerprint density at radius 2 is 0.774 bits per heavy atom. The number of Topliss-reactive ketones (excluding diaryl/α,β-unsaturated/α-hetero) is 2. The zero-order valence-corrected chi connectivity index (χ0v) is 34.3. The summed E-state index contributed by atoms with van der Waals surface area (Å²) in [6.07, 6.45) is 0.800. The zero-order valence-electron chi connectivity index (χ0n) is 29.4. The molecule has 0 heterocycles. The third-order valence-electron chi connectivity index (χ3n) is 8.49. The molecule has 0 radical (unpaired) electrons. The van der Waals surface area contributed by atoms with Gasteiger partial charge in [-0.25, -0.2) is 0 Å². The molecule has 26 nitrogen and oxygen atoms in total. The molecule has 0 bridgehead atoms. The van der Waals surface area contributed by atoms with Gasteiger partial charge in [0, 0.05) is 17.5 Å². The van der Waals surface area contributed by atoms with Crippen molar-refractivity contribution in [3.05, 3.63) is 80.6 Å². The van der Waals surface area contributed by atoms with E-state index in [-0.39, 0.29) is 0 Å². The quantitative estimate of drug-likeness (QED) is 0.0783. The fourth-order valence-electron chi connectivity index (χ4n) is 5.92. The number of phenols is 2. The second-order valence-corrected chi connectivity index (χ2v) is 21.0. The van der Waals surface area contributed by atoms with Crippen LogP contribution in [-0.4, -0.2) is 111 Å². The van der Waals surface area contributed by atoms with Crippen LogP contribution in [0.2, 0.25) is 0 Å². The molecule has 6 rings (SSSR count). The van der Waals surface area contributed by atoms with E-state index in [1.807, 2.05) is 10.9 Å². The third-order valence-corrected chi connectivity index (χ3v) is 13.5. The first-order valence-corrected chi connectivity index (χ1v) is 24.2. The highest BCUT2D eigenvalue weighted by Gasteiger charge is 2.38. The van der Waals surface area contributed by atoms with E-state index in [0.29, 0.717) is 60.7 Å². The molecule has 0 atom stereocenters. The Labute approximate surface area is 346 Å². The first-order chi connectivity index (χ1) is 28.2. The van der Waals surface area contributed by atoms with Crippen molar-refractivity contribution in [3.8, 4) is 11.5 Å². The summed E-state index contributed by atoms with van der Waals surface area (Å²) < 4.78 is 204. The summed E-state index contributed by atoms with van der Waals surface area (Å²) >= 11 is 0. The molecule has 0 aliphatic heterocycles. The SMILES string of the molecule is O=C1/C(=N\Nc2cc(S(=O)(=O)O)cc3c2C(=O)/C(=N/Nc2cc(S(=O)(=O)O)cc4cc(S(=O)(=O)O)cc(O)c24)C(S(=O)(=O)O)=C3)C(S(=O)(=O)O)=Cc2cc(S(=O)(=O)O)cc(O)c21. The van der Waals surface area contributed by atoms with Crippen molar-refractivity contribution in [1.82, 2.24) is 0 Å². The zero-order chi connectivity index (χ0) is 46.4.